The molecule has 18 heavy (non-hydrogen) atoms. The Hall–Kier alpha value is -1.43. The van der Waals surface area contributed by atoms with Crippen LogP contribution in [0.5, 0.6) is 0 Å². The number of nitrogens with zero attached hydrogens (tertiary/aromatic N) is 1. The van der Waals surface area contributed by atoms with Gasteiger partial charge in [-0.2, -0.15) is 13.2 Å². The van der Waals surface area contributed by atoms with Crippen molar-refractivity contribution in [3.63, 3.8) is 0 Å². The summed E-state index contributed by atoms with van der Waals surface area (Å²) in [7, 11) is 0. The van der Waals surface area contributed by atoms with Crippen LogP contribution < -0.4 is 10.6 Å². The molecule has 0 amide bonds. The van der Waals surface area contributed by atoms with Crippen molar-refractivity contribution in [2.45, 2.75) is 19.5 Å². The van der Waals surface area contributed by atoms with E-state index in [0.717, 1.165) is 6.07 Å². The average molecular weight is 262 g/mol. The summed E-state index contributed by atoms with van der Waals surface area (Å²) in [6.07, 6.45) is -4.01. The first-order valence-corrected chi connectivity index (χ1v) is 5.72. The lowest BCUT2D eigenvalue weighted by atomic mass is 10.1. The zero-order valence-electron chi connectivity index (χ0n) is 10.2. The maximum Gasteiger partial charge on any atom is 0.418 e. The van der Waals surface area contributed by atoms with Crippen molar-refractivity contribution in [1.29, 1.82) is 0 Å². The smallest absolute Gasteiger partial charge is 0.399 e. The molecule has 6 heteroatoms. The number of halogens is 3. The van der Waals surface area contributed by atoms with Crippen LogP contribution in [-0.4, -0.2) is 24.8 Å². The molecule has 1 aromatic carbocycles. The van der Waals surface area contributed by atoms with Crippen LogP contribution in [-0.2, 0) is 6.18 Å². The summed E-state index contributed by atoms with van der Waals surface area (Å²) in [5.74, 6) is 0. The van der Waals surface area contributed by atoms with E-state index in [1.165, 1.54) is 12.1 Å². The number of alkyl halides is 3. The number of benzene rings is 1. The normalized spacial score (nSPS) is 11.6. The van der Waals surface area contributed by atoms with E-state index in [1.807, 2.05) is 0 Å². The summed E-state index contributed by atoms with van der Waals surface area (Å²) in [5.41, 5.74) is 4.87. The van der Waals surface area contributed by atoms with Gasteiger partial charge in [0.15, 0.2) is 0 Å². The Bertz CT molecular complexity index is 393. The molecular formula is C12H17F3N2O. The maximum atomic E-state index is 12.9. The summed E-state index contributed by atoms with van der Waals surface area (Å²) in [6.45, 7) is 2.54. The molecule has 0 aliphatic rings. The summed E-state index contributed by atoms with van der Waals surface area (Å²) in [6, 6.07) is 3.77. The summed E-state index contributed by atoms with van der Waals surface area (Å²) in [4.78, 5) is 1.58. The van der Waals surface area contributed by atoms with Gasteiger partial charge in [0, 0.05) is 31.1 Å². The van der Waals surface area contributed by atoms with Crippen molar-refractivity contribution >= 4 is 11.4 Å². The van der Waals surface area contributed by atoms with Crippen LogP contribution in [0.4, 0.5) is 24.5 Å². The van der Waals surface area contributed by atoms with Gasteiger partial charge in [0.2, 0.25) is 0 Å². The van der Waals surface area contributed by atoms with E-state index >= 15 is 0 Å². The number of anilines is 2. The van der Waals surface area contributed by atoms with Crippen LogP contribution >= 0.6 is 0 Å². The molecule has 3 nitrogen and oxygen atoms in total. The highest BCUT2D eigenvalue weighted by molar-refractivity contribution is 5.60. The van der Waals surface area contributed by atoms with Crippen LogP contribution in [0.25, 0.3) is 0 Å². The zero-order valence-corrected chi connectivity index (χ0v) is 10.2. The Morgan fingerprint density at radius 3 is 2.50 bits per heavy atom. The lowest BCUT2D eigenvalue weighted by Gasteiger charge is -2.26. The first-order valence-electron chi connectivity index (χ1n) is 5.72. The van der Waals surface area contributed by atoms with E-state index in [9.17, 15) is 13.2 Å². The molecule has 0 spiro atoms. The number of hydrogen-bond acceptors (Lipinski definition) is 3. The first kappa shape index (κ1) is 14.6. The molecule has 102 valence electrons. The highest BCUT2D eigenvalue weighted by Crippen LogP contribution is 2.37. The fourth-order valence-corrected chi connectivity index (χ4v) is 1.77. The highest BCUT2D eigenvalue weighted by atomic mass is 19.4. The van der Waals surface area contributed by atoms with Gasteiger partial charge in [0.25, 0.3) is 0 Å². The van der Waals surface area contributed by atoms with Crippen LogP contribution in [0.15, 0.2) is 18.2 Å². The molecular weight excluding hydrogens is 245 g/mol. The van der Waals surface area contributed by atoms with Gasteiger partial charge in [-0.05, 0) is 31.5 Å². The number of aliphatic hydroxyl groups excluding tert-OH is 1. The molecule has 0 radical (unpaired) electrons. The van der Waals surface area contributed by atoms with Crippen LogP contribution in [0, 0.1) is 0 Å². The number of nitrogen functional groups attached to an aromatic ring is 1. The Balaban J connectivity index is 3.13. The molecule has 0 saturated carbocycles. The third-order valence-electron chi connectivity index (χ3n) is 2.63. The second kappa shape index (κ2) is 5.95. The van der Waals surface area contributed by atoms with E-state index in [-0.39, 0.29) is 18.0 Å². The molecule has 1 aromatic rings. The average Bonchev–Trinajstić information content (AvgIpc) is 2.30. The van der Waals surface area contributed by atoms with E-state index in [4.69, 9.17) is 10.8 Å². The molecule has 0 bridgehead atoms. The number of aliphatic hydroxyl groups is 1. The van der Waals surface area contributed by atoms with Gasteiger partial charge >= 0.3 is 6.18 Å². The lowest BCUT2D eigenvalue weighted by Crippen LogP contribution is -2.27. The SMILES string of the molecule is CCN(CCCO)c1ccc(N)cc1C(F)(F)F. The van der Waals surface area contributed by atoms with E-state index in [0.29, 0.717) is 19.5 Å². The van der Waals surface area contributed by atoms with Gasteiger partial charge in [-0.1, -0.05) is 0 Å². The van der Waals surface area contributed by atoms with Crippen molar-refractivity contribution in [2.75, 3.05) is 30.3 Å². The maximum absolute atomic E-state index is 12.9. The number of nitrogens with two attached hydrogens (primary N) is 1. The molecule has 0 aromatic heterocycles. The largest absolute Gasteiger partial charge is 0.418 e. The summed E-state index contributed by atoms with van der Waals surface area (Å²) < 4.78 is 38.7. The molecule has 0 saturated heterocycles. The standard InChI is InChI=1S/C12H17F3N2O/c1-2-17(6-3-7-18)11-5-4-9(16)8-10(11)12(13,14)15/h4-5,8,18H,2-3,6-7,16H2,1H3. The monoisotopic (exact) mass is 262 g/mol. The zero-order chi connectivity index (χ0) is 13.8. The second-order valence-corrected chi connectivity index (χ2v) is 3.93. The Morgan fingerprint density at radius 1 is 1.33 bits per heavy atom. The van der Waals surface area contributed by atoms with Crippen LogP contribution in [0.1, 0.15) is 18.9 Å². The third kappa shape index (κ3) is 3.53. The number of hydrogen-bond donors (Lipinski definition) is 2. The van der Waals surface area contributed by atoms with Gasteiger partial charge in [-0.3, -0.25) is 0 Å². The fourth-order valence-electron chi connectivity index (χ4n) is 1.77. The van der Waals surface area contributed by atoms with Gasteiger partial charge < -0.3 is 15.7 Å². The molecule has 1 rings (SSSR count). The van der Waals surface area contributed by atoms with E-state index in [2.05, 4.69) is 0 Å². The topological polar surface area (TPSA) is 49.5 Å². The molecule has 3 N–H and O–H groups in total. The van der Waals surface area contributed by atoms with Crippen molar-refractivity contribution in [2.24, 2.45) is 0 Å². The molecule has 0 heterocycles. The lowest BCUT2D eigenvalue weighted by molar-refractivity contribution is -0.137. The minimum absolute atomic E-state index is 0.0488. The fraction of sp³-hybridized carbons (Fsp3) is 0.500. The van der Waals surface area contributed by atoms with Gasteiger partial charge in [0.1, 0.15) is 0 Å². The van der Waals surface area contributed by atoms with E-state index < -0.39 is 11.7 Å². The molecule has 0 fully saturated rings. The Kier molecular flexibility index (Phi) is 4.84. The molecule has 0 aliphatic carbocycles. The molecule has 0 unspecified atom stereocenters. The molecule has 0 aliphatic heterocycles. The minimum atomic E-state index is -4.43. The summed E-state index contributed by atoms with van der Waals surface area (Å²) in [5, 5.41) is 8.76. The minimum Gasteiger partial charge on any atom is -0.399 e. The predicted octanol–water partition coefficient (Wildman–Crippen LogP) is 2.50. The third-order valence-corrected chi connectivity index (χ3v) is 2.63. The van der Waals surface area contributed by atoms with Crippen LogP contribution in [0.3, 0.4) is 0 Å². The first-order chi connectivity index (χ1) is 8.40. The highest BCUT2D eigenvalue weighted by Gasteiger charge is 2.34. The summed E-state index contributed by atoms with van der Waals surface area (Å²) >= 11 is 0. The Labute approximate surface area is 104 Å². The van der Waals surface area contributed by atoms with Crippen molar-refractivity contribution in [1.82, 2.24) is 0 Å². The quantitative estimate of drug-likeness (QED) is 0.801. The Morgan fingerprint density at radius 2 is 2.00 bits per heavy atom. The van der Waals surface area contributed by atoms with Crippen LogP contribution in [0.2, 0.25) is 0 Å². The van der Waals surface area contributed by atoms with Crippen molar-refractivity contribution in [3.8, 4) is 0 Å². The van der Waals surface area contributed by atoms with Gasteiger partial charge in [0.05, 0.1) is 5.56 Å². The van der Waals surface area contributed by atoms with Crippen molar-refractivity contribution in [3.05, 3.63) is 23.8 Å². The second-order valence-electron chi connectivity index (χ2n) is 3.93. The van der Waals surface area contributed by atoms with Crippen molar-refractivity contribution < 1.29 is 18.3 Å². The predicted molar refractivity (Wildman–Crippen MR) is 65.4 cm³/mol. The number of rotatable bonds is 5. The van der Waals surface area contributed by atoms with Gasteiger partial charge in [-0.25, -0.2) is 0 Å². The van der Waals surface area contributed by atoms with Gasteiger partial charge in [-0.15, -0.1) is 0 Å². The van der Waals surface area contributed by atoms with E-state index in [1.54, 1.807) is 11.8 Å². The molecule has 0 atom stereocenters.